The Kier molecular flexibility index (Phi) is 2.08. The predicted octanol–water partition coefficient (Wildman–Crippen LogP) is 0.136. The van der Waals surface area contributed by atoms with Crippen LogP contribution in [0.3, 0.4) is 0 Å². The molecule has 4 heteroatoms. The number of hydrogen-bond donors (Lipinski definition) is 3. The minimum Gasteiger partial charge on any atom is -0.383 e. The number of piperidine rings is 1. The molecule has 3 atom stereocenters. The second-order valence-corrected chi connectivity index (χ2v) is 4.84. The molecule has 1 saturated heterocycles. The van der Waals surface area contributed by atoms with Crippen LogP contribution in [0.2, 0.25) is 0 Å². The van der Waals surface area contributed by atoms with Gasteiger partial charge in [-0.2, -0.15) is 0 Å². The van der Waals surface area contributed by atoms with E-state index in [9.17, 15) is 15.0 Å². The average molecular weight is 199 g/mol. The quantitative estimate of drug-likeness (QED) is 0.519. The van der Waals surface area contributed by atoms with Crippen molar-refractivity contribution in [1.82, 2.24) is 5.32 Å². The minimum absolute atomic E-state index is 0.363. The minimum atomic E-state index is -1.10. The molecule has 1 aliphatic heterocycles. The first kappa shape index (κ1) is 9.93. The molecule has 1 saturated carbocycles. The van der Waals surface area contributed by atoms with Crippen LogP contribution in [0.15, 0.2) is 0 Å². The van der Waals surface area contributed by atoms with Gasteiger partial charge in [0, 0.05) is 5.41 Å². The Hall–Kier alpha value is -0.610. The molecular weight excluding hydrogens is 182 g/mol. The van der Waals surface area contributed by atoms with Gasteiger partial charge in [0.15, 0.2) is 0 Å². The number of fused-ring (bicyclic) bond motifs is 1. The summed E-state index contributed by atoms with van der Waals surface area (Å²) in [7, 11) is 0. The number of hydrogen-bond acceptors (Lipinski definition) is 3. The van der Waals surface area contributed by atoms with Gasteiger partial charge in [-0.25, -0.2) is 0 Å². The van der Waals surface area contributed by atoms with E-state index < -0.39 is 17.7 Å². The third-order valence-electron chi connectivity index (χ3n) is 3.79. The predicted molar refractivity (Wildman–Crippen MR) is 50.3 cm³/mol. The molecule has 0 spiro atoms. The lowest BCUT2D eigenvalue weighted by atomic mass is 9.64. The van der Waals surface area contributed by atoms with Crippen LogP contribution in [-0.2, 0) is 4.79 Å². The van der Waals surface area contributed by atoms with E-state index in [2.05, 4.69) is 5.32 Å². The zero-order valence-corrected chi connectivity index (χ0v) is 8.42. The lowest BCUT2D eigenvalue weighted by Gasteiger charge is -2.52. The Morgan fingerprint density at radius 2 is 2.07 bits per heavy atom. The third-order valence-corrected chi connectivity index (χ3v) is 3.79. The molecule has 0 aromatic rings. The standard InChI is InChI=1S/C10H17NO3/c1-9-4-2-3-5-10(9,14)11-8(13)7(12)6-9/h7,12,14H,2-6H2,1H3,(H,11,13)/t7-,9+,10-/m0/s1. The fraction of sp³-hybridized carbons (Fsp3) is 0.900. The molecule has 14 heavy (non-hydrogen) atoms. The van der Waals surface area contributed by atoms with Crippen LogP contribution in [0.4, 0.5) is 0 Å². The Balaban J connectivity index is 2.27. The van der Waals surface area contributed by atoms with Crippen LogP contribution in [0.25, 0.3) is 0 Å². The molecule has 0 unspecified atom stereocenters. The molecule has 3 N–H and O–H groups in total. The first-order chi connectivity index (χ1) is 6.47. The Morgan fingerprint density at radius 3 is 2.79 bits per heavy atom. The maximum atomic E-state index is 11.3. The maximum Gasteiger partial charge on any atom is 0.251 e. The van der Waals surface area contributed by atoms with Gasteiger partial charge in [0.2, 0.25) is 0 Å². The average Bonchev–Trinajstić information content (AvgIpc) is 2.09. The smallest absolute Gasteiger partial charge is 0.251 e. The van der Waals surface area contributed by atoms with Gasteiger partial charge in [-0.1, -0.05) is 13.3 Å². The molecule has 80 valence electrons. The van der Waals surface area contributed by atoms with Crippen LogP contribution in [0, 0.1) is 5.41 Å². The van der Waals surface area contributed by atoms with E-state index in [1.807, 2.05) is 6.92 Å². The first-order valence-corrected chi connectivity index (χ1v) is 5.19. The highest BCUT2D eigenvalue weighted by atomic mass is 16.3. The van der Waals surface area contributed by atoms with Gasteiger partial charge in [0.25, 0.3) is 5.91 Å². The van der Waals surface area contributed by atoms with Crippen molar-refractivity contribution in [3.63, 3.8) is 0 Å². The summed E-state index contributed by atoms with van der Waals surface area (Å²) in [6.07, 6.45) is 2.86. The Bertz CT molecular complexity index is 268. The number of aliphatic hydroxyl groups excluding tert-OH is 1. The topological polar surface area (TPSA) is 69.6 Å². The second-order valence-electron chi connectivity index (χ2n) is 4.84. The molecule has 0 bridgehead atoms. The van der Waals surface area contributed by atoms with Crippen LogP contribution in [0.1, 0.15) is 39.0 Å². The van der Waals surface area contributed by atoms with E-state index in [4.69, 9.17) is 0 Å². The molecule has 0 radical (unpaired) electrons. The molecule has 1 heterocycles. The van der Waals surface area contributed by atoms with Gasteiger partial charge in [0.1, 0.15) is 11.8 Å². The van der Waals surface area contributed by atoms with Gasteiger partial charge >= 0.3 is 0 Å². The molecule has 1 aliphatic carbocycles. The summed E-state index contributed by atoms with van der Waals surface area (Å²) in [6.45, 7) is 1.94. The van der Waals surface area contributed by atoms with Crippen molar-refractivity contribution in [2.75, 3.05) is 0 Å². The van der Waals surface area contributed by atoms with Crippen LogP contribution < -0.4 is 5.32 Å². The van der Waals surface area contributed by atoms with E-state index in [-0.39, 0.29) is 5.41 Å². The summed E-state index contributed by atoms with van der Waals surface area (Å²) >= 11 is 0. The van der Waals surface area contributed by atoms with E-state index in [0.717, 1.165) is 19.3 Å². The van der Waals surface area contributed by atoms with Gasteiger partial charge in [-0.15, -0.1) is 0 Å². The van der Waals surface area contributed by atoms with Crippen LogP contribution in [-0.4, -0.2) is 27.9 Å². The molecule has 2 rings (SSSR count). The molecule has 2 fully saturated rings. The zero-order valence-electron chi connectivity index (χ0n) is 8.42. The normalized spacial score (nSPS) is 48.2. The lowest BCUT2D eigenvalue weighted by Crippen LogP contribution is -2.67. The van der Waals surface area contributed by atoms with Gasteiger partial charge in [0.05, 0.1) is 0 Å². The number of nitrogens with one attached hydrogen (secondary N) is 1. The lowest BCUT2D eigenvalue weighted by molar-refractivity contribution is -0.185. The SMILES string of the molecule is C[C@]12CCCC[C@@]1(O)NC(=O)[C@@H](O)C2. The zero-order chi connectivity index (χ0) is 10.4. The van der Waals surface area contributed by atoms with E-state index in [1.54, 1.807) is 0 Å². The maximum absolute atomic E-state index is 11.3. The highest BCUT2D eigenvalue weighted by molar-refractivity contribution is 5.82. The molecule has 0 aromatic heterocycles. The number of aliphatic hydroxyl groups is 2. The Morgan fingerprint density at radius 1 is 1.43 bits per heavy atom. The monoisotopic (exact) mass is 199 g/mol. The molecule has 2 aliphatic rings. The van der Waals surface area contributed by atoms with Gasteiger partial charge in [-0.05, 0) is 25.7 Å². The van der Waals surface area contributed by atoms with Crippen molar-refractivity contribution in [3.05, 3.63) is 0 Å². The summed E-state index contributed by atoms with van der Waals surface area (Å²) in [6, 6.07) is 0. The van der Waals surface area contributed by atoms with Crippen molar-refractivity contribution in [2.24, 2.45) is 5.41 Å². The van der Waals surface area contributed by atoms with Crippen molar-refractivity contribution >= 4 is 5.91 Å². The van der Waals surface area contributed by atoms with Crippen LogP contribution >= 0.6 is 0 Å². The summed E-state index contributed by atoms with van der Waals surface area (Å²) < 4.78 is 0. The van der Waals surface area contributed by atoms with Crippen LogP contribution in [0.5, 0.6) is 0 Å². The number of rotatable bonds is 0. The fourth-order valence-electron chi connectivity index (χ4n) is 2.70. The van der Waals surface area contributed by atoms with Crippen molar-refractivity contribution < 1.29 is 15.0 Å². The highest BCUT2D eigenvalue weighted by Crippen LogP contribution is 2.47. The van der Waals surface area contributed by atoms with E-state index in [0.29, 0.717) is 12.8 Å². The third kappa shape index (κ3) is 1.25. The fourth-order valence-corrected chi connectivity index (χ4v) is 2.70. The second kappa shape index (κ2) is 2.94. The molecular formula is C10H17NO3. The van der Waals surface area contributed by atoms with E-state index >= 15 is 0 Å². The number of amides is 1. The van der Waals surface area contributed by atoms with Crippen molar-refractivity contribution in [2.45, 2.75) is 50.9 Å². The van der Waals surface area contributed by atoms with Crippen molar-refractivity contribution in [3.8, 4) is 0 Å². The molecule has 1 amide bonds. The number of carbonyl (C=O) groups is 1. The molecule has 0 aromatic carbocycles. The number of carbonyl (C=O) groups excluding carboxylic acids is 1. The summed E-state index contributed by atoms with van der Waals surface area (Å²) in [4.78, 5) is 11.3. The van der Waals surface area contributed by atoms with Gasteiger partial charge < -0.3 is 15.5 Å². The van der Waals surface area contributed by atoms with Gasteiger partial charge in [-0.3, -0.25) is 4.79 Å². The first-order valence-electron chi connectivity index (χ1n) is 5.19. The summed E-state index contributed by atoms with van der Waals surface area (Å²) in [5, 5.41) is 22.3. The Labute approximate surface area is 83.3 Å². The van der Waals surface area contributed by atoms with E-state index in [1.165, 1.54) is 0 Å². The molecule has 4 nitrogen and oxygen atoms in total. The summed E-state index contributed by atoms with van der Waals surface area (Å²) in [5.74, 6) is -0.438. The highest BCUT2D eigenvalue weighted by Gasteiger charge is 2.54. The largest absolute Gasteiger partial charge is 0.383 e. The summed E-state index contributed by atoms with van der Waals surface area (Å²) in [5.41, 5.74) is -1.46. The van der Waals surface area contributed by atoms with Crippen molar-refractivity contribution in [1.29, 1.82) is 0 Å².